The summed E-state index contributed by atoms with van der Waals surface area (Å²) in [5, 5.41) is 6.98. The number of amides is 2. The number of nitrogens with zero attached hydrogens (tertiary/aromatic N) is 3. The molecule has 4 rings (SSSR count). The number of benzene rings is 1. The molecule has 2 amide bonds. The van der Waals surface area contributed by atoms with Crippen molar-refractivity contribution < 1.29 is 23.5 Å². The molecule has 3 heterocycles. The molecule has 1 aliphatic rings. The molecular formula is C21H22N4O5. The second kappa shape index (κ2) is 7.94. The number of likely N-dealkylation sites (tertiary alicyclic amines) is 1. The fraction of sp³-hybridized carbons (Fsp3) is 0.286. The molecule has 0 bridgehead atoms. The second-order valence-electron chi connectivity index (χ2n) is 7.00. The summed E-state index contributed by atoms with van der Waals surface area (Å²) in [6.07, 6.45) is 5.05. The van der Waals surface area contributed by atoms with Crippen LogP contribution in [0.25, 0.3) is 0 Å². The largest absolute Gasteiger partial charge is 0.493 e. The van der Waals surface area contributed by atoms with Crippen molar-refractivity contribution >= 4 is 17.5 Å². The lowest BCUT2D eigenvalue weighted by atomic mass is 10.1. The number of aromatic nitrogens is 2. The molecule has 0 radical (unpaired) electrons. The average molecular weight is 410 g/mol. The van der Waals surface area contributed by atoms with Crippen molar-refractivity contribution in [3.8, 4) is 11.5 Å². The average Bonchev–Trinajstić information content (AvgIpc) is 3.38. The molecule has 9 nitrogen and oxygen atoms in total. The summed E-state index contributed by atoms with van der Waals surface area (Å²) in [4.78, 5) is 27.3. The summed E-state index contributed by atoms with van der Waals surface area (Å²) in [7, 11) is 2.95. The van der Waals surface area contributed by atoms with E-state index in [-0.39, 0.29) is 17.7 Å². The molecule has 0 atom stereocenters. The van der Waals surface area contributed by atoms with Crippen LogP contribution in [0, 0.1) is 6.92 Å². The van der Waals surface area contributed by atoms with Gasteiger partial charge in [0.1, 0.15) is 0 Å². The Bertz CT molecular complexity index is 1070. The van der Waals surface area contributed by atoms with Gasteiger partial charge in [0.05, 0.1) is 32.2 Å². The van der Waals surface area contributed by atoms with Crippen LogP contribution < -0.4 is 14.8 Å². The molecule has 1 aliphatic heterocycles. The summed E-state index contributed by atoms with van der Waals surface area (Å²) in [5.41, 5.74) is 1.42. The number of hydrogen-bond acceptors (Lipinski definition) is 6. The van der Waals surface area contributed by atoms with E-state index in [0.717, 1.165) is 0 Å². The number of carbonyl (C=O) groups is 2. The third-order valence-corrected chi connectivity index (χ3v) is 5.09. The van der Waals surface area contributed by atoms with Crippen molar-refractivity contribution in [3.05, 3.63) is 59.8 Å². The van der Waals surface area contributed by atoms with E-state index in [2.05, 4.69) is 10.4 Å². The quantitative estimate of drug-likeness (QED) is 0.671. The minimum absolute atomic E-state index is 0.158. The molecule has 2 aromatic heterocycles. The number of rotatable bonds is 6. The van der Waals surface area contributed by atoms with Crippen molar-refractivity contribution in [1.29, 1.82) is 0 Å². The minimum Gasteiger partial charge on any atom is -0.493 e. The highest BCUT2D eigenvalue weighted by Crippen LogP contribution is 2.38. The van der Waals surface area contributed by atoms with Gasteiger partial charge in [-0.1, -0.05) is 0 Å². The van der Waals surface area contributed by atoms with Gasteiger partial charge in [-0.25, -0.2) is 0 Å². The van der Waals surface area contributed by atoms with Gasteiger partial charge in [-0.15, -0.1) is 0 Å². The summed E-state index contributed by atoms with van der Waals surface area (Å²) in [6.45, 7) is 2.89. The van der Waals surface area contributed by atoms with Crippen LogP contribution in [0.5, 0.6) is 11.5 Å². The first kappa shape index (κ1) is 19.6. The summed E-state index contributed by atoms with van der Waals surface area (Å²) >= 11 is 0. The van der Waals surface area contributed by atoms with Gasteiger partial charge < -0.3 is 24.1 Å². The lowest BCUT2D eigenvalue weighted by Gasteiger charge is -2.39. The molecule has 30 heavy (non-hydrogen) atoms. The van der Waals surface area contributed by atoms with Crippen LogP contribution in [0.2, 0.25) is 0 Å². The number of furan rings is 1. The Morgan fingerprint density at radius 3 is 2.63 bits per heavy atom. The summed E-state index contributed by atoms with van der Waals surface area (Å²) < 4.78 is 17.9. The topological polar surface area (TPSA) is 98.8 Å². The zero-order valence-corrected chi connectivity index (χ0v) is 16.9. The van der Waals surface area contributed by atoms with Crippen LogP contribution in [0.15, 0.2) is 47.3 Å². The molecule has 1 saturated heterocycles. The number of carbonyl (C=O) groups excluding carboxylic acids is 2. The lowest BCUT2D eigenvalue weighted by molar-refractivity contribution is 0.0501. The highest BCUT2D eigenvalue weighted by Gasteiger charge is 2.33. The monoisotopic (exact) mass is 410 g/mol. The van der Waals surface area contributed by atoms with Gasteiger partial charge in [0.2, 0.25) is 0 Å². The van der Waals surface area contributed by atoms with Crippen molar-refractivity contribution in [3.63, 3.8) is 0 Å². The molecule has 1 N–H and O–H groups in total. The summed E-state index contributed by atoms with van der Waals surface area (Å²) in [5.74, 6) is 0.260. The van der Waals surface area contributed by atoms with Crippen molar-refractivity contribution in [2.24, 2.45) is 0 Å². The number of nitrogens with one attached hydrogen (secondary N) is 1. The van der Waals surface area contributed by atoms with E-state index >= 15 is 0 Å². The zero-order chi connectivity index (χ0) is 21.3. The van der Waals surface area contributed by atoms with E-state index in [9.17, 15) is 9.59 Å². The number of methoxy groups -OCH3 is 2. The molecule has 156 valence electrons. The zero-order valence-electron chi connectivity index (χ0n) is 16.9. The molecule has 3 aromatic rings. The fourth-order valence-electron chi connectivity index (χ4n) is 3.43. The van der Waals surface area contributed by atoms with Gasteiger partial charge in [-0.2, -0.15) is 5.10 Å². The lowest BCUT2D eigenvalue weighted by Crippen LogP contribution is -2.50. The number of hydrogen-bond donors (Lipinski definition) is 1. The van der Waals surface area contributed by atoms with E-state index in [1.165, 1.54) is 20.5 Å². The van der Waals surface area contributed by atoms with E-state index in [1.54, 1.807) is 36.2 Å². The third-order valence-electron chi connectivity index (χ3n) is 5.09. The van der Waals surface area contributed by atoms with Gasteiger partial charge in [-0.3, -0.25) is 14.3 Å². The van der Waals surface area contributed by atoms with Crippen molar-refractivity contribution in [1.82, 2.24) is 14.7 Å². The SMILES string of the molecule is COc1cc(C(=O)N2CC(n3cccn3)C2)cc(NC(=O)c2occc2C)c1OC. The highest BCUT2D eigenvalue weighted by molar-refractivity contribution is 6.05. The normalized spacial score (nSPS) is 13.6. The second-order valence-corrected chi connectivity index (χ2v) is 7.00. The first-order valence-corrected chi connectivity index (χ1v) is 9.41. The Kier molecular flexibility index (Phi) is 5.18. The van der Waals surface area contributed by atoms with Gasteiger partial charge in [0.15, 0.2) is 17.3 Å². The van der Waals surface area contributed by atoms with Crippen molar-refractivity contribution in [2.75, 3.05) is 32.6 Å². The smallest absolute Gasteiger partial charge is 0.291 e. The van der Waals surface area contributed by atoms with Crippen LogP contribution in [-0.4, -0.2) is 53.8 Å². The molecule has 1 fully saturated rings. The van der Waals surface area contributed by atoms with Gasteiger partial charge in [0, 0.05) is 36.6 Å². The van der Waals surface area contributed by atoms with E-state index in [4.69, 9.17) is 13.9 Å². The predicted molar refractivity (Wildman–Crippen MR) is 108 cm³/mol. The number of aryl methyl sites for hydroxylation is 1. The first-order valence-electron chi connectivity index (χ1n) is 9.41. The minimum atomic E-state index is -0.440. The van der Waals surface area contributed by atoms with Gasteiger partial charge in [0.25, 0.3) is 11.8 Å². The molecule has 0 saturated carbocycles. The highest BCUT2D eigenvalue weighted by atomic mass is 16.5. The Hall–Kier alpha value is -3.75. The molecule has 9 heteroatoms. The van der Waals surface area contributed by atoms with Crippen LogP contribution >= 0.6 is 0 Å². The van der Waals surface area contributed by atoms with Crippen LogP contribution in [0.1, 0.15) is 32.5 Å². The first-order chi connectivity index (χ1) is 14.5. The van der Waals surface area contributed by atoms with Crippen LogP contribution in [0.3, 0.4) is 0 Å². The van der Waals surface area contributed by atoms with Crippen molar-refractivity contribution in [2.45, 2.75) is 13.0 Å². The maximum atomic E-state index is 13.0. The maximum absolute atomic E-state index is 13.0. The molecule has 1 aromatic carbocycles. The Balaban J connectivity index is 1.58. The third kappa shape index (κ3) is 3.49. The molecule has 0 aliphatic carbocycles. The van der Waals surface area contributed by atoms with E-state index < -0.39 is 5.91 Å². The molecule has 0 unspecified atom stereocenters. The molecular weight excluding hydrogens is 388 g/mol. The fourth-order valence-corrected chi connectivity index (χ4v) is 3.43. The number of anilines is 1. The van der Waals surface area contributed by atoms with E-state index in [1.807, 2.05) is 16.9 Å². The standard InChI is InChI=1S/C21H22N4O5/c1-13-5-8-30-18(13)20(26)23-16-9-14(10-17(28-2)19(16)29-3)21(27)24-11-15(12-24)25-7-4-6-22-25/h4-10,15H,11-12H2,1-3H3,(H,23,26). The Morgan fingerprint density at radius 1 is 1.23 bits per heavy atom. The Morgan fingerprint density at radius 2 is 2.03 bits per heavy atom. The van der Waals surface area contributed by atoms with Crippen LogP contribution in [-0.2, 0) is 0 Å². The van der Waals surface area contributed by atoms with Gasteiger partial charge >= 0.3 is 0 Å². The van der Waals surface area contributed by atoms with Gasteiger partial charge in [-0.05, 0) is 31.2 Å². The number of ether oxygens (including phenoxy) is 2. The Labute approximate surface area is 173 Å². The van der Waals surface area contributed by atoms with E-state index in [0.29, 0.717) is 41.4 Å². The van der Waals surface area contributed by atoms with Crippen LogP contribution in [0.4, 0.5) is 5.69 Å². The molecule has 0 spiro atoms. The summed E-state index contributed by atoms with van der Waals surface area (Å²) in [6, 6.07) is 6.91. The predicted octanol–water partition coefficient (Wildman–Crippen LogP) is 2.75. The maximum Gasteiger partial charge on any atom is 0.291 e.